The number of carbonyl (C=O) groups excluding carboxylic acids is 8. The Balaban J connectivity index is 0.000000213. The summed E-state index contributed by atoms with van der Waals surface area (Å²) in [6.07, 6.45) is 6.70. The highest BCUT2D eigenvalue weighted by Crippen LogP contribution is 2.48. The van der Waals surface area contributed by atoms with Crippen LogP contribution in [-0.4, -0.2) is 169 Å². The number of benzene rings is 6. The topological polar surface area (TPSA) is 370 Å². The highest BCUT2D eigenvalue weighted by atomic mass is 35.5. The number of likely N-dealkylation sites (tertiary alicyclic amines) is 2. The van der Waals surface area contributed by atoms with Gasteiger partial charge in [0.05, 0.1) is 61.3 Å². The average Bonchev–Trinajstić information content (AvgIpc) is 1.57. The molecule has 2 saturated heterocycles. The molecule has 6 fully saturated rings. The zero-order chi connectivity index (χ0) is 89.6. The van der Waals surface area contributed by atoms with Crippen molar-refractivity contribution in [2.45, 2.75) is 190 Å². The molecule has 4 saturated carbocycles. The van der Waals surface area contributed by atoms with E-state index in [1.165, 1.54) is 48.6 Å². The highest BCUT2D eigenvalue weighted by Gasteiger charge is 2.64. The van der Waals surface area contributed by atoms with Crippen molar-refractivity contribution < 1.29 is 74.1 Å². The molecule has 4 heterocycles. The summed E-state index contributed by atoms with van der Waals surface area (Å²) in [4.78, 5) is 125. The van der Waals surface area contributed by atoms with E-state index >= 15 is 0 Å². The maximum atomic E-state index is 15.0. The van der Waals surface area contributed by atoms with Gasteiger partial charge in [0.15, 0.2) is 0 Å². The molecule has 2 aliphatic heterocycles. The highest BCUT2D eigenvalue weighted by molar-refractivity contribution is 7.91. The Kier molecular flexibility index (Phi) is 25.8. The molecule has 656 valence electrons. The molecule has 0 spiro atoms. The van der Waals surface area contributed by atoms with Crippen molar-refractivity contribution in [1.82, 2.24) is 50.5 Å². The van der Waals surface area contributed by atoms with Gasteiger partial charge in [-0.2, -0.15) is 0 Å². The molecule has 14 rings (SSSR count). The van der Waals surface area contributed by atoms with Crippen molar-refractivity contribution in [3.8, 4) is 23.3 Å². The quantitative estimate of drug-likeness (QED) is 0.0194. The Morgan fingerprint density at radius 1 is 0.492 bits per heavy atom. The second kappa shape index (κ2) is 35.4. The predicted octanol–water partition coefficient (Wildman–Crippen LogP) is 12.2. The van der Waals surface area contributed by atoms with Crippen LogP contribution in [0.3, 0.4) is 0 Å². The third kappa shape index (κ3) is 19.9. The Hall–Kier alpha value is -11.3. The lowest BCUT2D eigenvalue weighted by Gasteiger charge is -2.36. The largest absolute Gasteiger partial charge is 0.494 e. The number of hydrogen-bond donors (Lipinski definition) is 8. The molecule has 8 N–H and O–H groups in total. The lowest BCUT2D eigenvalue weighted by atomic mass is 9.85. The number of anilines is 2. The number of fused-ring (bicyclic) bond motifs is 2. The van der Waals surface area contributed by atoms with Gasteiger partial charge >= 0.3 is 0 Å². The Morgan fingerprint density at radius 3 is 1.15 bits per heavy atom. The van der Waals surface area contributed by atoms with Gasteiger partial charge in [-0.15, -0.1) is 13.2 Å². The number of ether oxygens (including phenoxy) is 4. The third-order valence-corrected chi connectivity index (χ3v) is 27.8. The molecule has 28 nitrogen and oxygen atoms in total. The van der Waals surface area contributed by atoms with E-state index in [9.17, 15) is 55.2 Å². The second-order valence-corrected chi connectivity index (χ2v) is 40.7. The molecule has 2 aromatic heterocycles. The monoisotopic (exact) mass is 1770 g/mol. The molecule has 6 aromatic carbocycles. The van der Waals surface area contributed by atoms with Crippen molar-refractivity contribution in [3.63, 3.8) is 0 Å². The van der Waals surface area contributed by atoms with Crippen LogP contribution in [0.4, 0.5) is 11.4 Å². The number of hydrogen-bond acceptors (Lipinski definition) is 20. The molecule has 32 heteroatoms. The van der Waals surface area contributed by atoms with E-state index in [2.05, 4.69) is 64.5 Å². The van der Waals surface area contributed by atoms with Gasteiger partial charge in [0.1, 0.15) is 59.0 Å². The van der Waals surface area contributed by atoms with Gasteiger partial charge in [0, 0.05) is 78.8 Å². The summed E-state index contributed by atoms with van der Waals surface area (Å²) in [5.74, 6) is -3.97. The minimum atomic E-state index is -3.92. The molecule has 4 aliphatic carbocycles. The molecule has 8 aromatic rings. The fourth-order valence-electron chi connectivity index (χ4n) is 15.9. The summed E-state index contributed by atoms with van der Waals surface area (Å²) < 4.78 is 79.6. The first kappa shape index (κ1) is 90.4. The number of rotatable bonds is 30. The summed E-state index contributed by atoms with van der Waals surface area (Å²) in [5.41, 5.74) is -1.92. The van der Waals surface area contributed by atoms with E-state index in [4.69, 9.17) is 42.1 Å². The van der Waals surface area contributed by atoms with Crippen LogP contribution in [0.5, 0.6) is 23.3 Å². The average molecular weight is 1770 g/mol. The molecule has 0 unspecified atom stereocenters. The van der Waals surface area contributed by atoms with E-state index in [1.807, 2.05) is 130 Å². The van der Waals surface area contributed by atoms with Crippen molar-refractivity contribution in [2.24, 2.45) is 22.7 Å². The molecule has 10 atom stereocenters. The number of carbonyl (C=O) groups is 8. The Bertz CT molecular complexity index is 5360. The number of nitrogens with zero attached hydrogens (tertiary/aromatic N) is 4. The lowest BCUT2D eigenvalue weighted by Crippen LogP contribution is -2.58. The van der Waals surface area contributed by atoms with Crippen molar-refractivity contribution in [2.75, 3.05) is 37.9 Å². The maximum absolute atomic E-state index is 15.0. The van der Waals surface area contributed by atoms with Crippen LogP contribution < -0.4 is 60.3 Å². The van der Waals surface area contributed by atoms with Crippen LogP contribution in [0.15, 0.2) is 183 Å². The van der Waals surface area contributed by atoms with Gasteiger partial charge in [0.2, 0.25) is 55.4 Å². The first-order valence-electron chi connectivity index (χ1n) is 41.2. The third-order valence-electron chi connectivity index (χ3n) is 23.7. The first-order valence-corrected chi connectivity index (χ1v) is 45.1. The van der Waals surface area contributed by atoms with Crippen molar-refractivity contribution in [1.29, 1.82) is 0 Å². The number of amides is 8. The van der Waals surface area contributed by atoms with E-state index < -0.39 is 147 Å². The molecule has 0 radical (unpaired) electrons. The SMILES string of the molecule is C=C[C@@H]1C[C@]1(NC(=O)[C@@H]1C[C@@H](Oc2ncc(OC)c3ccc(Cl)cc23)CN1C(=O)[C@@H](Nc1ccc(C(=O)NC(C)(C)c2ccccc2)cc1)C(C)(C)C)C(=O)NS(=O)(=O)C1CC1.C=C[C@@H]1C[C@]1(NC(=O)[C@@H]1C[C@@H](Oc2ncc(OC)c3ccc(Cl)cc23)CN1C(=O)[C@H](Nc1ccc(C(=O)NC(C)(C)c2ccccc2)cc1)C(C)(C)C)C(=O)NS(=O)(=O)C1CC1. The van der Waals surface area contributed by atoms with Gasteiger partial charge in [-0.25, -0.2) is 26.8 Å². The number of nitrogens with one attached hydrogen (secondary N) is 8. The zero-order valence-corrected chi connectivity index (χ0v) is 74.5. The second-order valence-electron chi connectivity index (χ2n) is 35.9. The predicted molar refractivity (Wildman–Crippen MR) is 475 cm³/mol. The maximum Gasteiger partial charge on any atom is 0.259 e. The van der Waals surface area contributed by atoms with Crippen LogP contribution in [0, 0.1) is 22.7 Å². The molecule has 6 aliphatic rings. The normalized spacial score (nSPS) is 21.7. The number of halogens is 2. The fraction of sp³-hybridized carbons (Fsp3) is 0.413. The van der Waals surface area contributed by atoms with Crippen LogP contribution in [0.25, 0.3) is 21.5 Å². The summed E-state index contributed by atoms with van der Waals surface area (Å²) in [7, 11) is -4.79. The van der Waals surface area contributed by atoms with Gasteiger partial charge < -0.3 is 60.6 Å². The number of methoxy groups -OCH3 is 2. The summed E-state index contributed by atoms with van der Waals surface area (Å²) in [6.45, 7) is 26.6. The zero-order valence-electron chi connectivity index (χ0n) is 71.3. The van der Waals surface area contributed by atoms with Gasteiger partial charge in [-0.1, -0.05) is 138 Å². The van der Waals surface area contributed by atoms with Crippen LogP contribution in [-0.2, 0) is 59.9 Å². The summed E-state index contributed by atoms with van der Waals surface area (Å²) >= 11 is 12.8. The number of aromatic nitrogens is 2. The standard InChI is InChI=1S/2C46H53ClN6O8S/c2*1-8-28-24-46(28,43(57)52-62(58,59)33-19-20-33)51-40(55)36-23-32(61-41-35-22-30(47)16-21-34(35)37(60-7)25-48-41)26-53(36)42(56)38(44(2,3)4)49-31-17-14-27(15-18-31)39(54)50-45(5,6)29-12-10-9-11-13-29/h2*8-18,21-22,25,28,32-33,36,38,49H,1,19-20,23-24,26H2,2-7H3,(H,50,54)(H,51,55)(H,52,57)/t28-,32-,36+,38+,46-;28-,32-,36+,38-,46-/m11/s1. The Morgan fingerprint density at radius 2 is 0.839 bits per heavy atom. The minimum absolute atomic E-state index is 0.0180. The number of pyridine rings is 2. The molecule has 124 heavy (non-hydrogen) atoms. The molecule has 0 bridgehead atoms. The van der Waals surface area contributed by atoms with Crippen molar-refractivity contribution in [3.05, 3.63) is 216 Å². The summed E-state index contributed by atoms with van der Waals surface area (Å²) in [5, 5.41) is 20.7. The van der Waals surface area contributed by atoms with Crippen LogP contribution >= 0.6 is 23.2 Å². The van der Waals surface area contributed by atoms with Crippen LogP contribution in [0.2, 0.25) is 10.0 Å². The van der Waals surface area contributed by atoms with Gasteiger partial charge in [-0.3, -0.25) is 47.8 Å². The fourth-order valence-corrected chi connectivity index (χ4v) is 19.0. The minimum Gasteiger partial charge on any atom is -0.494 e. The first-order chi connectivity index (χ1) is 58.5. The molecular formula is C92H106Cl2N12O16S2. The van der Waals surface area contributed by atoms with Crippen molar-refractivity contribution >= 4 is 123 Å². The van der Waals surface area contributed by atoms with E-state index in [0.29, 0.717) is 91.3 Å². The van der Waals surface area contributed by atoms with E-state index in [1.54, 1.807) is 84.9 Å². The smallest absolute Gasteiger partial charge is 0.259 e. The molecular weight excluding hydrogens is 1660 g/mol. The number of sulfonamides is 2. The van der Waals surface area contributed by atoms with E-state index in [-0.39, 0.29) is 62.3 Å². The molecule has 8 amide bonds. The van der Waals surface area contributed by atoms with E-state index in [0.717, 1.165) is 11.1 Å². The van der Waals surface area contributed by atoms with Crippen LogP contribution in [0.1, 0.15) is 152 Å². The van der Waals surface area contributed by atoms with Gasteiger partial charge in [-0.05, 0) is 173 Å². The lowest BCUT2D eigenvalue weighted by molar-refractivity contribution is -0.141. The Labute approximate surface area is 732 Å². The summed E-state index contributed by atoms with van der Waals surface area (Å²) in [6, 6.07) is 39.3. The van der Waals surface area contributed by atoms with Gasteiger partial charge in [0.25, 0.3) is 23.6 Å².